The Morgan fingerprint density at radius 1 is 1.28 bits per heavy atom. The van der Waals surface area contributed by atoms with Crippen molar-refractivity contribution in [1.29, 1.82) is 0 Å². The van der Waals surface area contributed by atoms with Crippen molar-refractivity contribution in [2.24, 2.45) is 0 Å². The molecule has 0 bridgehead atoms. The predicted octanol–water partition coefficient (Wildman–Crippen LogP) is 4.02. The minimum atomic E-state index is -3.14. The summed E-state index contributed by atoms with van der Waals surface area (Å²) in [4.78, 5) is 20.0. The lowest BCUT2D eigenvalue weighted by Crippen LogP contribution is -1.98. The third-order valence-electron chi connectivity index (χ3n) is 2.10. The molecule has 10 heteroatoms. The SMILES string of the molecule is C=C1CCOC1=O.C=COC(C)=O.C=CP(=O)(OCCCl)OCCCl. The molecule has 1 aliphatic heterocycles. The maximum Gasteiger partial charge on any atom is 0.353 e. The summed E-state index contributed by atoms with van der Waals surface area (Å²) in [5.41, 5.74) is 0.597. The van der Waals surface area contributed by atoms with E-state index in [4.69, 9.17) is 32.2 Å². The summed E-state index contributed by atoms with van der Waals surface area (Å²) in [6.07, 6.45) is 1.81. The van der Waals surface area contributed by atoms with Crippen LogP contribution in [0.25, 0.3) is 0 Å². The van der Waals surface area contributed by atoms with Crippen molar-refractivity contribution in [3.8, 4) is 0 Å². The van der Waals surface area contributed by atoms with Gasteiger partial charge in [-0.3, -0.25) is 9.36 Å². The molecular weight excluding hydrogens is 394 g/mol. The molecule has 1 heterocycles. The van der Waals surface area contributed by atoms with E-state index in [1.54, 1.807) is 0 Å². The van der Waals surface area contributed by atoms with Gasteiger partial charge in [-0.15, -0.1) is 23.2 Å². The summed E-state index contributed by atoms with van der Waals surface area (Å²) in [5, 5.41) is 0. The van der Waals surface area contributed by atoms with Crippen LogP contribution in [0.2, 0.25) is 0 Å². The molecule has 1 aliphatic rings. The molecule has 0 atom stereocenters. The molecule has 1 rings (SSSR count). The van der Waals surface area contributed by atoms with E-state index in [1.807, 2.05) is 0 Å². The molecule has 0 aromatic rings. The Balaban J connectivity index is 0. The summed E-state index contributed by atoms with van der Waals surface area (Å²) < 4.78 is 29.8. The first-order valence-corrected chi connectivity index (χ1v) is 9.71. The van der Waals surface area contributed by atoms with E-state index in [0.717, 1.165) is 12.1 Å². The summed E-state index contributed by atoms with van der Waals surface area (Å²) in [6.45, 7) is 12.2. The van der Waals surface area contributed by atoms with Gasteiger partial charge in [-0.05, 0) is 0 Å². The quantitative estimate of drug-likeness (QED) is 0.194. The van der Waals surface area contributed by atoms with Crippen LogP contribution in [0.15, 0.2) is 37.4 Å². The van der Waals surface area contributed by atoms with Gasteiger partial charge in [0, 0.05) is 36.5 Å². The zero-order chi connectivity index (χ0) is 19.7. The van der Waals surface area contributed by atoms with Gasteiger partial charge >= 0.3 is 19.5 Å². The molecule has 0 amide bonds. The summed E-state index contributed by atoms with van der Waals surface area (Å²) in [5.74, 6) is 1.11. The molecule has 0 aromatic heterocycles. The van der Waals surface area contributed by atoms with Crippen molar-refractivity contribution in [3.63, 3.8) is 0 Å². The highest BCUT2D eigenvalue weighted by molar-refractivity contribution is 7.57. The van der Waals surface area contributed by atoms with Crippen molar-refractivity contribution in [2.75, 3.05) is 31.6 Å². The van der Waals surface area contributed by atoms with Gasteiger partial charge in [0.15, 0.2) is 0 Å². The van der Waals surface area contributed by atoms with Crippen LogP contribution in [-0.4, -0.2) is 43.5 Å². The Morgan fingerprint density at radius 2 is 1.80 bits per heavy atom. The van der Waals surface area contributed by atoms with Gasteiger partial charge in [-0.2, -0.15) is 0 Å². The Morgan fingerprint density at radius 3 is 1.96 bits per heavy atom. The second-order valence-electron chi connectivity index (χ2n) is 4.03. The van der Waals surface area contributed by atoms with Gasteiger partial charge in [-0.25, -0.2) is 4.79 Å². The number of carbonyl (C=O) groups is 2. The average molecular weight is 417 g/mol. The van der Waals surface area contributed by atoms with Crippen LogP contribution in [0.1, 0.15) is 13.3 Å². The first kappa shape index (κ1) is 26.1. The highest BCUT2D eigenvalue weighted by atomic mass is 35.5. The molecule has 25 heavy (non-hydrogen) atoms. The summed E-state index contributed by atoms with van der Waals surface area (Å²) in [7, 11) is -3.14. The number of esters is 2. The third-order valence-corrected chi connectivity index (χ3v) is 3.94. The summed E-state index contributed by atoms with van der Waals surface area (Å²) in [6, 6.07) is 0. The number of alkyl halides is 2. The van der Waals surface area contributed by atoms with E-state index in [2.05, 4.69) is 29.2 Å². The zero-order valence-corrected chi connectivity index (χ0v) is 16.5. The molecule has 0 radical (unpaired) electrons. The fourth-order valence-electron chi connectivity index (χ4n) is 1.05. The van der Waals surface area contributed by atoms with Crippen LogP contribution in [0.3, 0.4) is 0 Å². The van der Waals surface area contributed by atoms with Crippen LogP contribution < -0.4 is 0 Å². The Labute approximate surface area is 158 Å². The molecule has 1 fully saturated rings. The fraction of sp³-hybridized carbons (Fsp3) is 0.467. The first-order valence-electron chi connectivity index (χ1n) is 7.03. The first-order chi connectivity index (χ1) is 11.8. The number of halogens is 2. The standard InChI is InChI=1S/C6H11Cl2O3P.C5H6O2.C4H6O2/c1-2-12(9,10-5-3-7)11-6-4-8;1-4-2-3-7-5(4)6;1-3-6-4(2)5/h2H,1,3-6H2;1-3H2;3H,1H2,2H3. The predicted molar refractivity (Wildman–Crippen MR) is 97.8 cm³/mol. The van der Waals surface area contributed by atoms with Crippen molar-refractivity contribution in [1.82, 2.24) is 0 Å². The maximum atomic E-state index is 11.4. The van der Waals surface area contributed by atoms with Gasteiger partial charge in [0.2, 0.25) is 0 Å². The molecule has 0 spiro atoms. The van der Waals surface area contributed by atoms with Gasteiger partial charge in [0.1, 0.15) is 0 Å². The van der Waals surface area contributed by atoms with Crippen LogP contribution in [0, 0.1) is 0 Å². The van der Waals surface area contributed by atoms with Crippen LogP contribution in [0.4, 0.5) is 0 Å². The van der Waals surface area contributed by atoms with Crippen LogP contribution in [0.5, 0.6) is 0 Å². The highest BCUT2D eigenvalue weighted by Gasteiger charge is 2.18. The van der Waals surface area contributed by atoms with Gasteiger partial charge in [-0.1, -0.05) is 19.7 Å². The van der Waals surface area contributed by atoms with Crippen molar-refractivity contribution < 1.29 is 32.7 Å². The highest BCUT2D eigenvalue weighted by Crippen LogP contribution is 2.48. The lowest BCUT2D eigenvalue weighted by atomic mass is 10.3. The van der Waals surface area contributed by atoms with Gasteiger partial charge in [0.25, 0.3) is 0 Å². The molecule has 0 unspecified atom stereocenters. The van der Waals surface area contributed by atoms with Crippen molar-refractivity contribution >= 4 is 42.7 Å². The van der Waals surface area contributed by atoms with Crippen LogP contribution >= 0.6 is 30.8 Å². The third kappa shape index (κ3) is 16.1. The topological polar surface area (TPSA) is 88.1 Å². The van der Waals surface area contributed by atoms with Gasteiger partial charge in [0.05, 0.1) is 26.1 Å². The smallest absolute Gasteiger partial charge is 0.353 e. The molecule has 0 aliphatic carbocycles. The van der Waals surface area contributed by atoms with E-state index in [1.165, 1.54) is 6.92 Å². The molecule has 7 nitrogen and oxygen atoms in total. The minimum Gasteiger partial charge on any atom is -0.462 e. The number of cyclic esters (lactones) is 1. The number of hydrogen-bond acceptors (Lipinski definition) is 7. The lowest BCUT2D eigenvalue weighted by molar-refractivity contribution is -0.136. The number of rotatable bonds is 8. The largest absolute Gasteiger partial charge is 0.462 e. The fourth-order valence-corrected chi connectivity index (χ4v) is 2.40. The van der Waals surface area contributed by atoms with E-state index >= 15 is 0 Å². The van der Waals surface area contributed by atoms with Crippen molar-refractivity contribution in [3.05, 3.63) is 37.4 Å². The molecule has 144 valence electrons. The second kappa shape index (κ2) is 16.4. The zero-order valence-electron chi connectivity index (χ0n) is 14.1. The van der Waals surface area contributed by atoms with E-state index < -0.39 is 7.60 Å². The monoisotopic (exact) mass is 416 g/mol. The Kier molecular flexibility index (Phi) is 17.1. The summed E-state index contributed by atoms with van der Waals surface area (Å²) >= 11 is 10.7. The number of hydrogen-bond donors (Lipinski definition) is 0. The normalized spacial score (nSPS) is 12.8. The minimum absolute atomic E-state index is 0.174. The molecule has 0 saturated carbocycles. The van der Waals surface area contributed by atoms with E-state index in [-0.39, 0.29) is 36.9 Å². The Hall–Kier alpha value is -1.11. The van der Waals surface area contributed by atoms with Gasteiger partial charge < -0.3 is 18.5 Å². The number of ether oxygens (including phenoxy) is 2. The molecule has 1 saturated heterocycles. The average Bonchev–Trinajstić information content (AvgIpc) is 2.95. The van der Waals surface area contributed by atoms with Crippen molar-refractivity contribution in [2.45, 2.75) is 13.3 Å². The molecular formula is C15H23Cl2O7P. The van der Waals surface area contributed by atoms with E-state index in [9.17, 15) is 14.2 Å². The maximum absolute atomic E-state index is 11.4. The van der Waals surface area contributed by atoms with E-state index in [0.29, 0.717) is 18.6 Å². The number of carbonyl (C=O) groups excluding carboxylic acids is 2. The Bertz CT molecular complexity index is 468. The molecule has 0 N–H and O–H groups in total. The van der Waals surface area contributed by atoms with Crippen LogP contribution in [-0.2, 0) is 32.7 Å². The molecule has 0 aromatic carbocycles. The second-order valence-corrected chi connectivity index (χ2v) is 6.75. The lowest BCUT2D eigenvalue weighted by Gasteiger charge is -2.12.